The molecule has 0 saturated carbocycles. The molecule has 4 amide bonds. The van der Waals surface area contributed by atoms with Crippen LogP contribution in [-0.4, -0.2) is 117 Å². The molecule has 232 valence electrons. The number of carbonyl (C=O) groups excluding carboxylic acids is 4. The highest BCUT2D eigenvalue weighted by Crippen LogP contribution is 2.40. The Kier molecular flexibility index (Phi) is 7.33. The number of aromatic amines is 1. The molecular formula is C29H29F3N7O5-. The average Bonchev–Trinajstić information content (AvgIpc) is 3.59. The molecule has 1 N–H and O–H groups in total. The SMILES string of the molecule is O=C(CN1CN(c2ccccc2)C2(CCN(C(=O)c3ccc4[nH]ncc4c3)CC2)C1=O)N1CCN(C(=O)[O-])[C@@H](C(F)(F)F)C1. The summed E-state index contributed by atoms with van der Waals surface area (Å²) in [5.41, 5.74) is 0.977. The van der Waals surface area contributed by atoms with Crippen molar-refractivity contribution in [2.45, 2.75) is 30.6 Å². The van der Waals surface area contributed by atoms with Gasteiger partial charge in [-0.1, -0.05) is 18.2 Å². The van der Waals surface area contributed by atoms with Crippen LogP contribution in [0.15, 0.2) is 54.7 Å². The quantitative estimate of drug-likeness (QED) is 0.469. The lowest BCUT2D eigenvalue weighted by molar-refractivity contribution is -0.283. The van der Waals surface area contributed by atoms with Gasteiger partial charge in [-0.2, -0.15) is 18.3 Å². The zero-order valence-electron chi connectivity index (χ0n) is 23.5. The van der Waals surface area contributed by atoms with Crippen molar-refractivity contribution in [3.8, 4) is 0 Å². The van der Waals surface area contributed by atoms with E-state index in [1.807, 2.05) is 35.2 Å². The number of aromatic nitrogens is 2. The van der Waals surface area contributed by atoms with Crippen molar-refractivity contribution in [3.05, 3.63) is 60.3 Å². The predicted molar refractivity (Wildman–Crippen MR) is 148 cm³/mol. The molecule has 3 aliphatic rings. The van der Waals surface area contributed by atoms with Gasteiger partial charge in [0.2, 0.25) is 5.91 Å². The van der Waals surface area contributed by atoms with Gasteiger partial charge in [0.15, 0.2) is 0 Å². The molecule has 0 radical (unpaired) electrons. The van der Waals surface area contributed by atoms with Gasteiger partial charge in [0.05, 0.1) is 24.9 Å². The topological polar surface area (TPSA) is 136 Å². The second-order valence-corrected chi connectivity index (χ2v) is 11.3. The van der Waals surface area contributed by atoms with Crippen molar-refractivity contribution in [1.29, 1.82) is 0 Å². The van der Waals surface area contributed by atoms with E-state index in [9.17, 15) is 37.5 Å². The Morgan fingerprint density at radius 1 is 1.00 bits per heavy atom. The minimum atomic E-state index is -4.90. The Hall–Kier alpha value is -4.82. The molecule has 3 fully saturated rings. The summed E-state index contributed by atoms with van der Waals surface area (Å²) >= 11 is 0. The van der Waals surface area contributed by atoms with Crippen molar-refractivity contribution in [2.24, 2.45) is 0 Å². The van der Waals surface area contributed by atoms with E-state index in [1.165, 1.54) is 4.90 Å². The zero-order valence-corrected chi connectivity index (χ0v) is 23.5. The van der Waals surface area contributed by atoms with Crippen LogP contribution < -0.4 is 10.0 Å². The fraction of sp³-hybridized carbons (Fsp3) is 0.414. The molecule has 1 atom stereocenters. The third-order valence-electron chi connectivity index (χ3n) is 8.82. The van der Waals surface area contributed by atoms with E-state index in [4.69, 9.17) is 0 Å². The first-order valence-corrected chi connectivity index (χ1v) is 14.1. The van der Waals surface area contributed by atoms with Gasteiger partial charge in [-0.3, -0.25) is 19.5 Å². The minimum absolute atomic E-state index is 0.0292. The molecule has 3 aliphatic heterocycles. The molecule has 1 spiro atoms. The number of carbonyl (C=O) groups is 4. The summed E-state index contributed by atoms with van der Waals surface area (Å²) in [7, 11) is 0. The predicted octanol–water partition coefficient (Wildman–Crippen LogP) is 1.26. The second-order valence-electron chi connectivity index (χ2n) is 11.3. The number of rotatable bonds is 4. The second kappa shape index (κ2) is 11.0. The third-order valence-corrected chi connectivity index (χ3v) is 8.82. The number of carboxylic acid groups (broad SMARTS) is 1. The molecule has 0 aliphatic carbocycles. The lowest BCUT2D eigenvalue weighted by atomic mass is 9.85. The molecule has 0 bridgehead atoms. The highest BCUT2D eigenvalue weighted by Gasteiger charge is 2.55. The summed E-state index contributed by atoms with van der Waals surface area (Å²) in [4.78, 5) is 57.9. The Balaban J connectivity index is 1.19. The minimum Gasteiger partial charge on any atom is -0.530 e. The van der Waals surface area contributed by atoms with E-state index in [0.717, 1.165) is 21.5 Å². The number of benzene rings is 2. The molecule has 12 nitrogen and oxygen atoms in total. The maximum absolute atomic E-state index is 14.0. The number of alkyl halides is 3. The number of para-hydroxylation sites is 1. The summed E-state index contributed by atoms with van der Waals surface area (Å²) in [5, 5.41) is 18.9. The molecule has 1 aromatic heterocycles. The van der Waals surface area contributed by atoms with Gasteiger partial charge in [-0.25, -0.2) is 0 Å². The number of amides is 4. The van der Waals surface area contributed by atoms with Gasteiger partial charge >= 0.3 is 6.18 Å². The molecule has 6 rings (SSSR count). The highest BCUT2D eigenvalue weighted by molar-refractivity contribution is 5.99. The molecular weight excluding hydrogens is 583 g/mol. The molecule has 44 heavy (non-hydrogen) atoms. The number of nitrogens with one attached hydrogen (secondary N) is 1. The van der Waals surface area contributed by atoms with E-state index in [0.29, 0.717) is 5.56 Å². The van der Waals surface area contributed by atoms with Crippen molar-refractivity contribution < 1.29 is 37.5 Å². The van der Waals surface area contributed by atoms with Crippen LogP contribution in [0.4, 0.5) is 23.7 Å². The number of halogens is 3. The summed E-state index contributed by atoms with van der Waals surface area (Å²) in [6.07, 6.45) is -4.65. The Morgan fingerprint density at radius 2 is 1.73 bits per heavy atom. The van der Waals surface area contributed by atoms with E-state index >= 15 is 0 Å². The fourth-order valence-electron chi connectivity index (χ4n) is 6.43. The largest absolute Gasteiger partial charge is 0.530 e. The number of piperidine rings is 1. The van der Waals surface area contributed by atoms with Crippen molar-refractivity contribution in [3.63, 3.8) is 0 Å². The van der Waals surface area contributed by atoms with Crippen LogP contribution in [0.2, 0.25) is 0 Å². The number of anilines is 1. The van der Waals surface area contributed by atoms with E-state index in [-0.39, 0.29) is 55.9 Å². The number of piperazine rings is 1. The van der Waals surface area contributed by atoms with Crippen molar-refractivity contribution >= 4 is 40.4 Å². The maximum Gasteiger partial charge on any atom is 0.410 e. The van der Waals surface area contributed by atoms with Crippen LogP contribution in [0.3, 0.4) is 0 Å². The average molecular weight is 613 g/mol. The number of H-pyrrole nitrogens is 1. The van der Waals surface area contributed by atoms with Crippen molar-refractivity contribution in [2.75, 3.05) is 50.8 Å². The fourth-order valence-corrected chi connectivity index (χ4v) is 6.43. The number of nitrogens with zero attached hydrogens (tertiary/aromatic N) is 6. The van der Waals surface area contributed by atoms with Crippen LogP contribution >= 0.6 is 0 Å². The van der Waals surface area contributed by atoms with Crippen LogP contribution in [0.25, 0.3) is 10.9 Å². The van der Waals surface area contributed by atoms with E-state index in [2.05, 4.69) is 10.2 Å². The van der Waals surface area contributed by atoms with E-state index < -0.39 is 49.4 Å². The van der Waals surface area contributed by atoms with Crippen LogP contribution in [0, 0.1) is 0 Å². The standard InChI is InChI=1S/C29H30F3N7O5/c30-29(31,32)23-16-36(12-13-38(23)27(43)44)24(40)17-37-18-39(21-4-2-1-3-5-21)28(26(37)42)8-10-35(11-9-28)25(41)19-6-7-22-20(14-19)15-33-34-22/h1-7,14-15,23H,8-13,16-18H2,(H,33,34)(H,43,44)/p-1/t23-/m1/s1. The third kappa shape index (κ3) is 5.15. The van der Waals surface area contributed by atoms with Gasteiger partial charge < -0.3 is 34.4 Å². The lowest BCUT2D eigenvalue weighted by Crippen LogP contribution is -2.64. The smallest absolute Gasteiger partial charge is 0.410 e. The van der Waals surface area contributed by atoms with Gasteiger partial charge in [0, 0.05) is 42.8 Å². The van der Waals surface area contributed by atoms with E-state index in [1.54, 1.807) is 29.3 Å². The van der Waals surface area contributed by atoms with Crippen LogP contribution in [0.1, 0.15) is 23.2 Å². The number of fused-ring (bicyclic) bond motifs is 1. The van der Waals surface area contributed by atoms with Crippen LogP contribution in [-0.2, 0) is 9.59 Å². The summed E-state index contributed by atoms with van der Waals surface area (Å²) in [6, 6.07) is 12.0. The molecule has 2 aromatic carbocycles. The Labute approximate surface area is 249 Å². The van der Waals surface area contributed by atoms with Gasteiger partial charge in [0.25, 0.3) is 11.8 Å². The molecule has 3 saturated heterocycles. The first kappa shape index (κ1) is 29.3. The van der Waals surface area contributed by atoms with Crippen LogP contribution in [0.5, 0.6) is 0 Å². The molecule has 4 heterocycles. The van der Waals surface area contributed by atoms with Gasteiger partial charge in [-0.15, -0.1) is 0 Å². The van der Waals surface area contributed by atoms with Crippen molar-refractivity contribution in [1.82, 2.24) is 29.8 Å². The first-order chi connectivity index (χ1) is 21.0. The first-order valence-electron chi connectivity index (χ1n) is 14.1. The monoisotopic (exact) mass is 612 g/mol. The molecule has 3 aromatic rings. The summed E-state index contributed by atoms with van der Waals surface area (Å²) < 4.78 is 40.8. The molecule has 15 heteroatoms. The Bertz CT molecular complexity index is 1590. The molecule has 0 unspecified atom stereocenters. The number of hydrogen-bond donors (Lipinski definition) is 1. The number of likely N-dealkylation sites (tertiary alicyclic amines) is 1. The normalized spacial score (nSPS) is 20.6. The van der Waals surface area contributed by atoms with Gasteiger partial charge in [-0.05, 0) is 43.2 Å². The lowest BCUT2D eigenvalue weighted by Gasteiger charge is -2.43. The van der Waals surface area contributed by atoms with Gasteiger partial charge in [0.1, 0.15) is 24.2 Å². The highest BCUT2D eigenvalue weighted by atomic mass is 19.4. The maximum atomic E-state index is 14.0. The zero-order chi connectivity index (χ0) is 31.2. The number of hydrogen-bond acceptors (Lipinski definition) is 7. The summed E-state index contributed by atoms with van der Waals surface area (Å²) in [5.74, 6) is -1.23. The summed E-state index contributed by atoms with van der Waals surface area (Å²) in [6.45, 7) is -1.57. The Morgan fingerprint density at radius 3 is 2.41 bits per heavy atom.